The molecule has 130 valence electrons. The summed E-state index contributed by atoms with van der Waals surface area (Å²) in [5, 5.41) is 0. The molecule has 0 aromatic heterocycles. The van der Waals surface area contributed by atoms with Gasteiger partial charge in [0.2, 0.25) is 0 Å². The van der Waals surface area contributed by atoms with Gasteiger partial charge in [0.15, 0.2) is 0 Å². The molecule has 1 unspecified atom stereocenters. The number of piperidine rings is 1. The zero-order valence-corrected chi connectivity index (χ0v) is 16.3. The van der Waals surface area contributed by atoms with Crippen LogP contribution in [0.3, 0.4) is 0 Å². The van der Waals surface area contributed by atoms with Gasteiger partial charge in [-0.05, 0) is 89.4 Å². The summed E-state index contributed by atoms with van der Waals surface area (Å²) >= 11 is 0. The van der Waals surface area contributed by atoms with E-state index in [4.69, 9.17) is 0 Å². The highest BCUT2D eigenvalue weighted by atomic mass is 15.2. The number of nitrogens with zero attached hydrogens (tertiary/aromatic N) is 2. The highest BCUT2D eigenvalue weighted by Gasteiger charge is 2.38. The molecule has 0 aromatic carbocycles. The van der Waals surface area contributed by atoms with Crippen LogP contribution in [0.1, 0.15) is 74.1 Å². The molecule has 22 heavy (non-hydrogen) atoms. The lowest BCUT2D eigenvalue weighted by Gasteiger charge is -2.40. The summed E-state index contributed by atoms with van der Waals surface area (Å²) in [4.78, 5) is 5.41. The second-order valence-corrected chi connectivity index (χ2v) is 10.4. The predicted molar refractivity (Wildman–Crippen MR) is 97.3 cm³/mol. The average molecular weight is 309 g/mol. The molecular formula is C20H40N2. The van der Waals surface area contributed by atoms with Gasteiger partial charge >= 0.3 is 0 Å². The summed E-state index contributed by atoms with van der Waals surface area (Å²) in [7, 11) is 0. The Bertz CT molecular complexity index is 355. The molecule has 1 atom stereocenters. The van der Waals surface area contributed by atoms with E-state index >= 15 is 0 Å². The van der Waals surface area contributed by atoms with Crippen LogP contribution in [0, 0.1) is 16.7 Å². The summed E-state index contributed by atoms with van der Waals surface area (Å²) in [6, 6.07) is 0. The third-order valence-corrected chi connectivity index (χ3v) is 6.35. The van der Waals surface area contributed by atoms with Crippen molar-refractivity contribution in [3.63, 3.8) is 0 Å². The maximum Gasteiger partial charge on any atom is 0.0125 e. The summed E-state index contributed by atoms with van der Waals surface area (Å²) in [5.74, 6) is 0.919. The first kappa shape index (κ1) is 18.3. The first-order valence-electron chi connectivity index (χ1n) is 9.47. The van der Waals surface area contributed by atoms with E-state index in [-0.39, 0.29) is 0 Å². The van der Waals surface area contributed by atoms with Crippen molar-refractivity contribution in [2.45, 2.75) is 79.7 Å². The van der Waals surface area contributed by atoms with Crippen molar-refractivity contribution in [3.8, 4) is 0 Å². The van der Waals surface area contributed by atoms with Gasteiger partial charge in [0.05, 0.1) is 0 Å². The number of hydrogen-bond acceptors (Lipinski definition) is 2. The van der Waals surface area contributed by atoms with E-state index in [0.717, 1.165) is 5.92 Å². The summed E-state index contributed by atoms with van der Waals surface area (Å²) in [6.07, 6.45) is 5.55. The van der Waals surface area contributed by atoms with Crippen LogP contribution >= 0.6 is 0 Å². The first-order valence-corrected chi connectivity index (χ1v) is 9.47. The molecule has 0 aromatic rings. The zero-order valence-electron chi connectivity index (χ0n) is 16.3. The van der Waals surface area contributed by atoms with Gasteiger partial charge in [-0.2, -0.15) is 0 Å². The molecule has 2 rings (SSSR count). The maximum atomic E-state index is 2.73. The number of likely N-dealkylation sites (tertiary alicyclic amines) is 2. The lowest BCUT2D eigenvalue weighted by Crippen LogP contribution is -2.42. The lowest BCUT2D eigenvalue weighted by molar-refractivity contribution is 0.0970. The van der Waals surface area contributed by atoms with Crippen LogP contribution in [0.25, 0.3) is 0 Å². The second-order valence-electron chi connectivity index (χ2n) is 10.4. The lowest BCUT2D eigenvalue weighted by atomic mass is 9.75. The minimum Gasteiger partial charge on any atom is -0.303 e. The highest BCUT2D eigenvalue weighted by Crippen LogP contribution is 2.38. The molecule has 2 saturated heterocycles. The van der Waals surface area contributed by atoms with Crippen molar-refractivity contribution in [1.82, 2.24) is 9.80 Å². The van der Waals surface area contributed by atoms with Gasteiger partial charge < -0.3 is 4.90 Å². The Morgan fingerprint density at radius 1 is 0.955 bits per heavy atom. The van der Waals surface area contributed by atoms with Crippen LogP contribution in [-0.4, -0.2) is 48.1 Å². The van der Waals surface area contributed by atoms with E-state index in [0.29, 0.717) is 16.4 Å². The van der Waals surface area contributed by atoms with Gasteiger partial charge in [0.25, 0.3) is 0 Å². The summed E-state index contributed by atoms with van der Waals surface area (Å²) in [6.45, 7) is 23.3. The van der Waals surface area contributed by atoms with Gasteiger partial charge in [-0.25, -0.2) is 0 Å². The molecule has 2 aliphatic rings. The van der Waals surface area contributed by atoms with Crippen LogP contribution in [0.2, 0.25) is 0 Å². The Hall–Kier alpha value is -0.0800. The standard InChI is InChI=1S/C20H40N2/c1-18(2,3)17-8-12-21(13-9-17)14-10-20(7)11-15-22(16-20)19(4,5)6/h17H,8-16H2,1-7H3. The van der Waals surface area contributed by atoms with Crippen LogP contribution in [0.4, 0.5) is 0 Å². The zero-order chi connectivity index (χ0) is 16.6. The monoisotopic (exact) mass is 308 g/mol. The molecular weight excluding hydrogens is 268 g/mol. The highest BCUT2D eigenvalue weighted by molar-refractivity contribution is 4.92. The molecule has 2 aliphatic heterocycles. The fourth-order valence-corrected chi connectivity index (χ4v) is 4.25. The Kier molecular flexibility index (Phi) is 5.34. The fraction of sp³-hybridized carbons (Fsp3) is 1.00. The third kappa shape index (κ3) is 4.71. The molecule has 0 N–H and O–H groups in total. The van der Waals surface area contributed by atoms with E-state index in [2.05, 4.69) is 58.3 Å². The Balaban J connectivity index is 1.75. The van der Waals surface area contributed by atoms with Crippen LogP contribution in [-0.2, 0) is 0 Å². The molecule has 2 nitrogen and oxygen atoms in total. The largest absolute Gasteiger partial charge is 0.303 e. The molecule has 0 bridgehead atoms. The minimum atomic E-state index is 0.336. The quantitative estimate of drug-likeness (QED) is 0.749. The van der Waals surface area contributed by atoms with Crippen molar-refractivity contribution in [1.29, 1.82) is 0 Å². The molecule has 0 amide bonds. The third-order valence-electron chi connectivity index (χ3n) is 6.35. The van der Waals surface area contributed by atoms with Crippen LogP contribution < -0.4 is 0 Å². The van der Waals surface area contributed by atoms with Crippen molar-refractivity contribution >= 4 is 0 Å². The van der Waals surface area contributed by atoms with Crippen LogP contribution in [0.5, 0.6) is 0 Å². The molecule has 0 saturated carbocycles. The van der Waals surface area contributed by atoms with Gasteiger partial charge in [-0.3, -0.25) is 4.90 Å². The molecule has 0 aliphatic carbocycles. The van der Waals surface area contributed by atoms with Crippen molar-refractivity contribution in [3.05, 3.63) is 0 Å². The van der Waals surface area contributed by atoms with Gasteiger partial charge in [-0.15, -0.1) is 0 Å². The van der Waals surface area contributed by atoms with E-state index in [9.17, 15) is 0 Å². The van der Waals surface area contributed by atoms with Gasteiger partial charge in [0.1, 0.15) is 0 Å². The van der Waals surface area contributed by atoms with Crippen molar-refractivity contribution in [2.24, 2.45) is 16.7 Å². The van der Waals surface area contributed by atoms with Crippen molar-refractivity contribution in [2.75, 3.05) is 32.7 Å². The number of rotatable bonds is 3. The molecule has 2 fully saturated rings. The normalized spacial score (nSPS) is 30.1. The molecule has 2 heterocycles. The topological polar surface area (TPSA) is 6.48 Å². The predicted octanol–water partition coefficient (Wildman–Crippen LogP) is 4.65. The fourth-order valence-electron chi connectivity index (χ4n) is 4.25. The second kappa shape index (κ2) is 6.43. The Morgan fingerprint density at radius 2 is 1.55 bits per heavy atom. The summed E-state index contributed by atoms with van der Waals surface area (Å²) in [5.41, 5.74) is 1.37. The molecule has 0 spiro atoms. The SMILES string of the molecule is CC1(CCN2CCC(C(C)(C)C)CC2)CCN(C(C)(C)C)C1. The minimum absolute atomic E-state index is 0.336. The Labute approximate surface area is 139 Å². The van der Waals surface area contributed by atoms with E-state index in [1.165, 1.54) is 58.4 Å². The van der Waals surface area contributed by atoms with Gasteiger partial charge in [0, 0.05) is 12.1 Å². The summed E-state index contributed by atoms with van der Waals surface area (Å²) < 4.78 is 0. The Morgan fingerprint density at radius 3 is 2.00 bits per heavy atom. The first-order chi connectivity index (χ1) is 10.00. The van der Waals surface area contributed by atoms with Gasteiger partial charge in [-0.1, -0.05) is 27.7 Å². The smallest absolute Gasteiger partial charge is 0.0125 e. The van der Waals surface area contributed by atoms with Crippen LogP contribution in [0.15, 0.2) is 0 Å². The molecule has 2 heteroatoms. The van der Waals surface area contributed by atoms with E-state index < -0.39 is 0 Å². The average Bonchev–Trinajstić information content (AvgIpc) is 2.79. The molecule has 0 radical (unpaired) electrons. The van der Waals surface area contributed by atoms with E-state index in [1.807, 2.05) is 0 Å². The maximum absolute atomic E-state index is 2.73. The number of hydrogen-bond donors (Lipinski definition) is 0. The van der Waals surface area contributed by atoms with E-state index in [1.54, 1.807) is 0 Å². The van der Waals surface area contributed by atoms with Crippen molar-refractivity contribution < 1.29 is 0 Å².